The molecule has 172 valence electrons. The van der Waals surface area contributed by atoms with Gasteiger partial charge in [-0.2, -0.15) is 13.2 Å². The van der Waals surface area contributed by atoms with E-state index in [2.05, 4.69) is 4.72 Å². The summed E-state index contributed by atoms with van der Waals surface area (Å²) in [5.41, 5.74) is -0.875. The van der Waals surface area contributed by atoms with Gasteiger partial charge in [-0.1, -0.05) is 0 Å². The fourth-order valence-electron chi connectivity index (χ4n) is 3.50. The summed E-state index contributed by atoms with van der Waals surface area (Å²) in [6.07, 6.45) is -0.0289. The lowest BCUT2D eigenvalue weighted by atomic mass is 9.87. The Morgan fingerprint density at radius 2 is 1.77 bits per heavy atom. The predicted octanol–water partition coefficient (Wildman–Crippen LogP) is 2.87. The first kappa shape index (κ1) is 25.1. The highest BCUT2D eigenvalue weighted by molar-refractivity contribution is 7.89. The zero-order valence-corrected chi connectivity index (χ0v) is 18.0. The van der Waals surface area contributed by atoms with E-state index in [1.807, 2.05) is 11.9 Å². The van der Waals surface area contributed by atoms with Crippen molar-refractivity contribution in [3.8, 4) is 0 Å². The SMILES string of the molecule is CN(CCO)CCCOC1CCC(CNS(=O)(=O)c2ccc(C(F)(F)F)cc2)CC1. The molecule has 1 aliphatic carbocycles. The molecular formula is C20H31F3N2O4S. The average molecular weight is 453 g/mol. The first-order valence-corrected chi connectivity index (χ1v) is 11.7. The number of halogens is 3. The van der Waals surface area contributed by atoms with E-state index in [-0.39, 0.29) is 30.1 Å². The maximum Gasteiger partial charge on any atom is 0.416 e. The van der Waals surface area contributed by atoms with Crippen molar-refractivity contribution in [2.75, 3.05) is 39.9 Å². The lowest BCUT2D eigenvalue weighted by molar-refractivity contribution is -0.137. The van der Waals surface area contributed by atoms with Gasteiger partial charge in [-0.05, 0) is 69.3 Å². The van der Waals surface area contributed by atoms with Crippen molar-refractivity contribution in [3.63, 3.8) is 0 Å². The van der Waals surface area contributed by atoms with E-state index in [4.69, 9.17) is 9.84 Å². The lowest BCUT2D eigenvalue weighted by Gasteiger charge is -2.29. The second-order valence-electron chi connectivity index (χ2n) is 7.77. The molecule has 0 heterocycles. The maximum absolute atomic E-state index is 12.6. The average Bonchev–Trinajstić information content (AvgIpc) is 2.70. The number of benzene rings is 1. The summed E-state index contributed by atoms with van der Waals surface area (Å²) >= 11 is 0. The van der Waals surface area contributed by atoms with Crippen molar-refractivity contribution in [3.05, 3.63) is 29.8 Å². The molecule has 30 heavy (non-hydrogen) atoms. The van der Waals surface area contributed by atoms with E-state index in [0.717, 1.165) is 62.9 Å². The number of hydrogen-bond acceptors (Lipinski definition) is 5. The molecule has 2 N–H and O–H groups in total. The van der Waals surface area contributed by atoms with Crippen LogP contribution in [0.25, 0.3) is 0 Å². The second-order valence-corrected chi connectivity index (χ2v) is 9.53. The van der Waals surface area contributed by atoms with Crippen molar-refractivity contribution in [1.29, 1.82) is 0 Å². The van der Waals surface area contributed by atoms with E-state index >= 15 is 0 Å². The molecule has 1 aromatic rings. The standard InChI is InChI=1S/C20H31F3N2O4S/c1-25(12-13-26)11-2-14-29-18-7-3-16(4-8-18)15-24-30(27,28)19-9-5-17(6-10-19)20(21,22)23/h5-6,9-10,16,18,24,26H,2-4,7-8,11-15H2,1H3. The Kier molecular flexibility index (Phi) is 9.55. The van der Waals surface area contributed by atoms with E-state index in [0.29, 0.717) is 13.2 Å². The number of rotatable bonds is 11. The number of aliphatic hydroxyl groups excluding tert-OH is 1. The molecule has 0 unspecified atom stereocenters. The van der Waals surface area contributed by atoms with Crippen molar-refractivity contribution in [2.24, 2.45) is 5.92 Å². The van der Waals surface area contributed by atoms with Crippen molar-refractivity contribution < 1.29 is 31.4 Å². The van der Waals surface area contributed by atoms with E-state index in [1.165, 1.54) is 0 Å². The number of nitrogens with one attached hydrogen (secondary N) is 1. The third-order valence-electron chi connectivity index (χ3n) is 5.37. The Balaban J connectivity index is 1.70. The van der Waals surface area contributed by atoms with Crippen LogP contribution in [0.5, 0.6) is 0 Å². The number of ether oxygens (including phenoxy) is 1. The fourth-order valence-corrected chi connectivity index (χ4v) is 4.62. The quantitative estimate of drug-likeness (QED) is 0.505. The van der Waals surface area contributed by atoms with E-state index < -0.39 is 21.8 Å². The monoisotopic (exact) mass is 452 g/mol. The molecule has 1 aromatic carbocycles. The molecular weight excluding hydrogens is 421 g/mol. The Morgan fingerprint density at radius 3 is 2.33 bits per heavy atom. The van der Waals surface area contributed by atoms with Crippen LogP contribution in [0.2, 0.25) is 0 Å². The number of hydrogen-bond donors (Lipinski definition) is 2. The summed E-state index contributed by atoms with van der Waals surface area (Å²) in [6, 6.07) is 3.51. The van der Waals surface area contributed by atoms with Gasteiger partial charge in [0.15, 0.2) is 0 Å². The smallest absolute Gasteiger partial charge is 0.395 e. The van der Waals surface area contributed by atoms with Crippen LogP contribution in [-0.2, 0) is 20.9 Å². The van der Waals surface area contributed by atoms with Crippen molar-refractivity contribution >= 4 is 10.0 Å². The zero-order chi connectivity index (χ0) is 22.2. The number of likely N-dealkylation sites (N-methyl/N-ethyl adjacent to an activating group) is 1. The zero-order valence-electron chi connectivity index (χ0n) is 17.2. The minimum absolute atomic E-state index is 0.143. The summed E-state index contributed by atoms with van der Waals surface area (Å²) < 4.78 is 70.9. The second kappa shape index (κ2) is 11.4. The molecule has 0 aliphatic heterocycles. The minimum Gasteiger partial charge on any atom is -0.395 e. The van der Waals surface area contributed by atoms with Crippen LogP contribution in [0.3, 0.4) is 0 Å². The van der Waals surface area contributed by atoms with Gasteiger partial charge in [0.25, 0.3) is 0 Å². The molecule has 1 aliphatic rings. The Hall–Kier alpha value is -1.20. The highest BCUT2D eigenvalue weighted by Crippen LogP contribution is 2.30. The summed E-state index contributed by atoms with van der Waals surface area (Å²) in [4.78, 5) is 1.88. The largest absolute Gasteiger partial charge is 0.416 e. The maximum atomic E-state index is 12.6. The summed E-state index contributed by atoms with van der Waals surface area (Å²) in [5.74, 6) is 0.185. The van der Waals surface area contributed by atoms with Crippen LogP contribution < -0.4 is 4.72 Å². The molecule has 0 saturated heterocycles. The van der Waals surface area contributed by atoms with Gasteiger partial charge in [0.1, 0.15) is 0 Å². The van der Waals surface area contributed by atoms with Crippen molar-refractivity contribution in [2.45, 2.75) is 49.3 Å². The third-order valence-corrected chi connectivity index (χ3v) is 6.81. The van der Waals surface area contributed by atoms with E-state index in [1.54, 1.807) is 0 Å². The summed E-state index contributed by atoms with van der Waals surface area (Å²) in [7, 11) is -1.89. The molecule has 0 atom stereocenters. The van der Waals surface area contributed by atoms with Gasteiger partial charge < -0.3 is 14.7 Å². The highest BCUT2D eigenvalue weighted by Gasteiger charge is 2.31. The number of aliphatic hydroxyl groups is 1. The van der Waals surface area contributed by atoms with Crippen LogP contribution in [0.1, 0.15) is 37.7 Å². The molecule has 1 fully saturated rings. The minimum atomic E-state index is -4.49. The molecule has 10 heteroatoms. The van der Waals surface area contributed by atoms with Crippen LogP contribution in [0.4, 0.5) is 13.2 Å². The molecule has 6 nitrogen and oxygen atoms in total. The summed E-state index contributed by atoms with van der Waals surface area (Å²) in [6.45, 7) is 2.58. The lowest BCUT2D eigenvalue weighted by Crippen LogP contribution is -2.33. The molecule has 0 radical (unpaired) electrons. The third kappa shape index (κ3) is 8.14. The van der Waals surface area contributed by atoms with Gasteiger partial charge in [-0.3, -0.25) is 0 Å². The Morgan fingerprint density at radius 1 is 1.13 bits per heavy atom. The normalized spacial score (nSPS) is 20.6. The molecule has 0 aromatic heterocycles. The first-order chi connectivity index (χ1) is 14.1. The highest BCUT2D eigenvalue weighted by atomic mass is 32.2. The first-order valence-electron chi connectivity index (χ1n) is 10.2. The Bertz CT molecular complexity index is 733. The number of alkyl halides is 3. The molecule has 0 amide bonds. The number of sulfonamides is 1. The fraction of sp³-hybridized carbons (Fsp3) is 0.700. The summed E-state index contributed by atoms with van der Waals surface area (Å²) in [5, 5.41) is 8.86. The molecule has 2 rings (SSSR count). The van der Waals surface area contributed by atoms with Gasteiger partial charge in [0.05, 0.1) is 23.2 Å². The van der Waals surface area contributed by atoms with Crippen LogP contribution in [0.15, 0.2) is 29.2 Å². The van der Waals surface area contributed by atoms with Crippen LogP contribution in [-0.4, -0.2) is 64.4 Å². The van der Waals surface area contributed by atoms with Gasteiger partial charge in [0.2, 0.25) is 10.0 Å². The molecule has 0 spiro atoms. The topological polar surface area (TPSA) is 78.9 Å². The van der Waals surface area contributed by atoms with Gasteiger partial charge in [-0.25, -0.2) is 13.1 Å². The molecule has 1 saturated carbocycles. The van der Waals surface area contributed by atoms with Crippen molar-refractivity contribution in [1.82, 2.24) is 9.62 Å². The Labute approximate surface area is 176 Å². The molecule has 0 bridgehead atoms. The van der Waals surface area contributed by atoms with Gasteiger partial charge in [-0.15, -0.1) is 0 Å². The van der Waals surface area contributed by atoms with Gasteiger partial charge >= 0.3 is 6.18 Å². The van der Waals surface area contributed by atoms with E-state index in [9.17, 15) is 21.6 Å². The number of nitrogens with zero attached hydrogens (tertiary/aromatic N) is 1. The van der Waals surface area contributed by atoms with Gasteiger partial charge in [0, 0.05) is 26.2 Å². The van der Waals surface area contributed by atoms with Crippen LogP contribution >= 0.6 is 0 Å². The van der Waals surface area contributed by atoms with Crippen LogP contribution in [0, 0.1) is 5.92 Å². The predicted molar refractivity (Wildman–Crippen MR) is 108 cm³/mol.